The SMILES string of the molecule is Cc1ccnc(N2CCC3CCC(C2)N3)c1C#N. The van der Waals surface area contributed by atoms with Gasteiger partial charge in [-0.25, -0.2) is 4.98 Å². The van der Waals surface area contributed by atoms with E-state index < -0.39 is 0 Å². The van der Waals surface area contributed by atoms with E-state index in [0.717, 1.165) is 36.5 Å². The fraction of sp³-hybridized carbons (Fsp3) is 0.571. The van der Waals surface area contributed by atoms with Crippen LogP contribution >= 0.6 is 0 Å². The Labute approximate surface area is 108 Å². The van der Waals surface area contributed by atoms with Gasteiger partial charge in [-0.15, -0.1) is 0 Å². The smallest absolute Gasteiger partial charge is 0.146 e. The van der Waals surface area contributed by atoms with Gasteiger partial charge in [0.1, 0.15) is 11.9 Å². The van der Waals surface area contributed by atoms with Crippen molar-refractivity contribution in [3.63, 3.8) is 0 Å². The second kappa shape index (κ2) is 4.58. The van der Waals surface area contributed by atoms with Gasteiger partial charge in [0.05, 0.1) is 5.56 Å². The zero-order valence-corrected chi connectivity index (χ0v) is 10.7. The van der Waals surface area contributed by atoms with Crippen LogP contribution in [0.25, 0.3) is 0 Å². The van der Waals surface area contributed by atoms with Crippen LogP contribution in [-0.2, 0) is 0 Å². The lowest BCUT2D eigenvalue weighted by molar-refractivity contribution is 0.563. The number of fused-ring (bicyclic) bond motifs is 2. The van der Waals surface area contributed by atoms with E-state index in [-0.39, 0.29) is 0 Å². The standard InChI is InChI=1S/C14H18N4/c1-10-4-6-16-14(13(10)8-15)18-7-5-11-2-3-12(9-18)17-11/h4,6,11-12,17H,2-3,5,7,9H2,1H3. The minimum Gasteiger partial charge on any atom is -0.354 e. The Kier molecular flexibility index (Phi) is 2.92. The number of aromatic nitrogens is 1. The summed E-state index contributed by atoms with van der Waals surface area (Å²) >= 11 is 0. The third-order valence-corrected chi connectivity index (χ3v) is 4.07. The monoisotopic (exact) mass is 242 g/mol. The molecular weight excluding hydrogens is 224 g/mol. The molecule has 2 aliphatic heterocycles. The van der Waals surface area contributed by atoms with Crippen molar-refractivity contribution in [2.45, 2.75) is 38.3 Å². The highest BCUT2D eigenvalue weighted by Gasteiger charge is 2.30. The van der Waals surface area contributed by atoms with Crippen molar-refractivity contribution < 1.29 is 0 Å². The van der Waals surface area contributed by atoms with Crippen LogP contribution in [0, 0.1) is 18.3 Å². The molecule has 0 aromatic carbocycles. The molecule has 2 fully saturated rings. The van der Waals surface area contributed by atoms with Crippen molar-refractivity contribution in [3.05, 3.63) is 23.4 Å². The highest BCUT2D eigenvalue weighted by Crippen LogP contribution is 2.26. The third-order valence-electron chi connectivity index (χ3n) is 4.07. The first-order valence-electron chi connectivity index (χ1n) is 6.64. The van der Waals surface area contributed by atoms with Gasteiger partial charge in [-0.1, -0.05) is 0 Å². The van der Waals surface area contributed by atoms with E-state index in [0.29, 0.717) is 12.1 Å². The molecule has 0 saturated carbocycles. The fourth-order valence-electron chi connectivity index (χ4n) is 3.06. The highest BCUT2D eigenvalue weighted by molar-refractivity contribution is 5.57. The number of aryl methyl sites for hydroxylation is 1. The maximum absolute atomic E-state index is 9.30. The molecule has 0 spiro atoms. The number of nitrogens with one attached hydrogen (secondary N) is 1. The van der Waals surface area contributed by atoms with Gasteiger partial charge in [-0.2, -0.15) is 5.26 Å². The molecule has 2 atom stereocenters. The van der Waals surface area contributed by atoms with Gasteiger partial charge in [0.25, 0.3) is 0 Å². The molecule has 2 saturated heterocycles. The number of nitrogens with zero attached hydrogens (tertiary/aromatic N) is 3. The first-order chi connectivity index (χ1) is 8.78. The summed E-state index contributed by atoms with van der Waals surface area (Å²) in [4.78, 5) is 6.72. The zero-order valence-electron chi connectivity index (χ0n) is 10.7. The lowest BCUT2D eigenvalue weighted by Gasteiger charge is -2.26. The van der Waals surface area contributed by atoms with Gasteiger partial charge in [0.15, 0.2) is 0 Å². The van der Waals surface area contributed by atoms with Gasteiger partial charge in [0.2, 0.25) is 0 Å². The largest absolute Gasteiger partial charge is 0.354 e. The van der Waals surface area contributed by atoms with Gasteiger partial charge < -0.3 is 10.2 Å². The number of rotatable bonds is 1. The van der Waals surface area contributed by atoms with E-state index in [4.69, 9.17) is 0 Å². The lowest BCUT2D eigenvalue weighted by atomic mass is 10.1. The summed E-state index contributed by atoms with van der Waals surface area (Å²) in [6.07, 6.45) is 5.50. The third kappa shape index (κ3) is 1.95. The average molecular weight is 242 g/mol. The summed E-state index contributed by atoms with van der Waals surface area (Å²) in [7, 11) is 0. The predicted octanol–water partition coefficient (Wildman–Crippen LogP) is 1.59. The Morgan fingerprint density at radius 1 is 1.39 bits per heavy atom. The second-order valence-corrected chi connectivity index (χ2v) is 5.31. The Morgan fingerprint density at radius 3 is 3.06 bits per heavy atom. The van der Waals surface area contributed by atoms with E-state index in [2.05, 4.69) is 21.3 Å². The fourth-order valence-corrected chi connectivity index (χ4v) is 3.06. The summed E-state index contributed by atoms with van der Waals surface area (Å²) in [5.74, 6) is 0.867. The second-order valence-electron chi connectivity index (χ2n) is 5.31. The lowest BCUT2D eigenvalue weighted by Crippen LogP contribution is -2.36. The van der Waals surface area contributed by atoms with Gasteiger partial charge in [-0.3, -0.25) is 0 Å². The number of nitriles is 1. The Bertz CT molecular complexity index is 491. The maximum atomic E-state index is 9.30. The highest BCUT2D eigenvalue weighted by atomic mass is 15.2. The first-order valence-corrected chi connectivity index (χ1v) is 6.64. The average Bonchev–Trinajstić information content (AvgIpc) is 2.69. The first kappa shape index (κ1) is 11.5. The summed E-state index contributed by atoms with van der Waals surface area (Å²) in [6, 6.07) is 5.43. The van der Waals surface area contributed by atoms with E-state index in [1.54, 1.807) is 0 Å². The Hall–Kier alpha value is -1.60. The molecule has 18 heavy (non-hydrogen) atoms. The molecule has 2 unspecified atom stereocenters. The van der Waals surface area contributed by atoms with Crippen LogP contribution < -0.4 is 10.2 Å². The molecule has 1 N–H and O–H groups in total. The van der Waals surface area contributed by atoms with Crippen molar-refractivity contribution >= 4 is 5.82 Å². The minimum atomic E-state index is 0.561. The number of hydrogen-bond acceptors (Lipinski definition) is 4. The molecule has 0 radical (unpaired) electrons. The van der Waals surface area contributed by atoms with Crippen LogP contribution in [0.15, 0.2) is 12.3 Å². The van der Waals surface area contributed by atoms with Crippen molar-refractivity contribution in [1.29, 1.82) is 5.26 Å². The number of pyridine rings is 1. The topological polar surface area (TPSA) is 52.0 Å². The minimum absolute atomic E-state index is 0.561. The summed E-state index contributed by atoms with van der Waals surface area (Å²) in [6.45, 7) is 3.95. The molecule has 1 aromatic rings. The van der Waals surface area contributed by atoms with E-state index in [1.807, 2.05) is 19.2 Å². The molecule has 1 aromatic heterocycles. The Balaban J connectivity index is 1.91. The van der Waals surface area contributed by atoms with Crippen LogP contribution in [0.3, 0.4) is 0 Å². The van der Waals surface area contributed by atoms with Crippen LogP contribution in [0.1, 0.15) is 30.4 Å². The van der Waals surface area contributed by atoms with Crippen LogP contribution in [-0.4, -0.2) is 30.2 Å². The molecule has 3 heterocycles. The number of hydrogen-bond donors (Lipinski definition) is 1. The van der Waals surface area contributed by atoms with Crippen molar-refractivity contribution in [1.82, 2.24) is 10.3 Å². The van der Waals surface area contributed by atoms with Crippen LogP contribution in [0.2, 0.25) is 0 Å². The summed E-state index contributed by atoms with van der Waals surface area (Å²) in [5.41, 5.74) is 1.75. The van der Waals surface area contributed by atoms with E-state index in [1.165, 1.54) is 12.8 Å². The molecule has 3 rings (SSSR count). The molecule has 2 aliphatic rings. The van der Waals surface area contributed by atoms with Crippen molar-refractivity contribution in [2.24, 2.45) is 0 Å². The summed E-state index contributed by atoms with van der Waals surface area (Å²) in [5, 5.41) is 13.0. The maximum Gasteiger partial charge on any atom is 0.146 e. The van der Waals surface area contributed by atoms with E-state index in [9.17, 15) is 5.26 Å². The van der Waals surface area contributed by atoms with Crippen LogP contribution in [0.4, 0.5) is 5.82 Å². The normalized spacial score (nSPS) is 26.8. The van der Waals surface area contributed by atoms with Crippen molar-refractivity contribution in [2.75, 3.05) is 18.0 Å². The van der Waals surface area contributed by atoms with Gasteiger partial charge >= 0.3 is 0 Å². The van der Waals surface area contributed by atoms with Gasteiger partial charge in [-0.05, 0) is 37.8 Å². The molecule has 4 heteroatoms. The molecule has 4 nitrogen and oxygen atoms in total. The predicted molar refractivity (Wildman–Crippen MR) is 70.5 cm³/mol. The van der Waals surface area contributed by atoms with Crippen molar-refractivity contribution in [3.8, 4) is 6.07 Å². The summed E-state index contributed by atoms with van der Waals surface area (Å²) < 4.78 is 0. The number of anilines is 1. The molecule has 94 valence electrons. The molecular formula is C14H18N4. The van der Waals surface area contributed by atoms with Gasteiger partial charge in [0, 0.05) is 31.4 Å². The molecule has 0 amide bonds. The molecule has 0 aliphatic carbocycles. The quantitative estimate of drug-likeness (QED) is 0.812. The molecule has 2 bridgehead atoms. The zero-order chi connectivity index (χ0) is 12.5. The van der Waals surface area contributed by atoms with Crippen LogP contribution in [0.5, 0.6) is 0 Å². The Morgan fingerprint density at radius 2 is 2.22 bits per heavy atom. The van der Waals surface area contributed by atoms with E-state index >= 15 is 0 Å².